The van der Waals surface area contributed by atoms with Crippen LogP contribution < -0.4 is 19.5 Å². The number of carbonyl (C=O) groups excluding carboxylic acids is 1. The Morgan fingerprint density at radius 3 is 2.75 bits per heavy atom. The number of nitrogens with one attached hydrogen (secondary N) is 1. The minimum absolute atomic E-state index is 0.00923. The number of nitrogens with zero attached hydrogens (tertiary/aromatic N) is 1. The molecule has 2 heterocycles. The molecule has 7 nitrogen and oxygen atoms in total. The zero-order valence-corrected chi connectivity index (χ0v) is 15.2. The summed E-state index contributed by atoms with van der Waals surface area (Å²) >= 11 is 0. The van der Waals surface area contributed by atoms with Gasteiger partial charge in [0.15, 0.2) is 11.6 Å². The second kappa shape index (κ2) is 7.22. The molecule has 3 aromatic rings. The molecule has 1 aromatic heterocycles. The Morgan fingerprint density at radius 2 is 1.96 bits per heavy atom. The monoisotopic (exact) mass is 384 g/mol. The highest BCUT2D eigenvalue weighted by Gasteiger charge is 2.19. The summed E-state index contributed by atoms with van der Waals surface area (Å²) in [5.74, 6) is -0.0884. The quantitative estimate of drug-likeness (QED) is 0.723. The summed E-state index contributed by atoms with van der Waals surface area (Å²) in [7, 11) is 2.75. The predicted molar refractivity (Wildman–Crippen MR) is 98.6 cm³/mol. The molecule has 1 aliphatic heterocycles. The number of benzene rings is 2. The van der Waals surface area contributed by atoms with E-state index in [2.05, 4.69) is 10.5 Å². The molecule has 0 bridgehead atoms. The van der Waals surface area contributed by atoms with Gasteiger partial charge in [0, 0.05) is 30.2 Å². The number of carbonyl (C=O) groups is 1. The maximum atomic E-state index is 14.0. The Labute approximate surface area is 160 Å². The van der Waals surface area contributed by atoms with Gasteiger partial charge in [0.1, 0.15) is 17.2 Å². The van der Waals surface area contributed by atoms with Crippen LogP contribution in [0.2, 0.25) is 0 Å². The number of rotatable bonds is 5. The van der Waals surface area contributed by atoms with Crippen LogP contribution in [0.4, 0.5) is 10.1 Å². The van der Waals surface area contributed by atoms with Crippen LogP contribution in [0.25, 0.3) is 11.3 Å². The highest BCUT2D eigenvalue weighted by atomic mass is 19.1. The van der Waals surface area contributed by atoms with Crippen molar-refractivity contribution in [3.05, 3.63) is 53.5 Å². The van der Waals surface area contributed by atoms with E-state index in [0.29, 0.717) is 12.3 Å². The minimum atomic E-state index is -0.628. The third-order valence-corrected chi connectivity index (χ3v) is 4.44. The zero-order chi connectivity index (χ0) is 19.7. The lowest BCUT2D eigenvalue weighted by Crippen LogP contribution is -2.12. The van der Waals surface area contributed by atoms with Gasteiger partial charge in [0.05, 0.1) is 26.5 Å². The van der Waals surface area contributed by atoms with Crippen molar-refractivity contribution in [2.45, 2.75) is 6.42 Å². The molecule has 1 aliphatic rings. The van der Waals surface area contributed by atoms with Gasteiger partial charge < -0.3 is 24.1 Å². The van der Waals surface area contributed by atoms with E-state index >= 15 is 0 Å². The number of hydrogen-bond donors (Lipinski definition) is 1. The van der Waals surface area contributed by atoms with Gasteiger partial charge in [0.25, 0.3) is 5.91 Å². The lowest BCUT2D eigenvalue weighted by molar-refractivity contribution is 0.0987. The molecule has 0 aliphatic carbocycles. The SMILES string of the molecule is COc1cc(OC)c(NC(=O)c2cc(-c3ccc4c(c3)CCO4)no2)cc1F. The summed E-state index contributed by atoms with van der Waals surface area (Å²) in [5, 5.41) is 6.52. The van der Waals surface area contributed by atoms with Crippen LogP contribution in [0.3, 0.4) is 0 Å². The van der Waals surface area contributed by atoms with Crippen LogP contribution in [-0.2, 0) is 6.42 Å². The molecule has 4 rings (SSSR count). The second-order valence-electron chi connectivity index (χ2n) is 6.14. The van der Waals surface area contributed by atoms with Crippen LogP contribution in [-0.4, -0.2) is 31.9 Å². The predicted octanol–water partition coefficient (Wildman–Crippen LogP) is 3.69. The molecule has 0 saturated carbocycles. The number of halogens is 1. The maximum Gasteiger partial charge on any atom is 0.294 e. The number of amides is 1. The lowest BCUT2D eigenvalue weighted by atomic mass is 10.1. The first-order valence-corrected chi connectivity index (χ1v) is 8.54. The van der Waals surface area contributed by atoms with Crippen molar-refractivity contribution in [3.63, 3.8) is 0 Å². The van der Waals surface area contributed by atoms with Gasteiger partial charge >= 0.3 is 0 Å². The second-order valence-corrected chi connectivity index (χ2v) is 6.14. The number of hydrogen-bond acceptors (Lipinski definition) is 6. The normalized spacial score (nSPS) is 12.2. The Kier molecular flexibility index (Phi) is 4.60. The smallest absolute Gasteiger partial charge is 0.294 e. The third-order valence-electron chi connectivity index (χ3n) is 4.44. The van der Waals surface area contributed by atoms with Crippen LogP contribution >= 0.6 is 0 Å². The van der Waals surface area contributed by atoms with Crippen molar-refractivity contribution in [2.75, 3.05) is 26.1 Å². The fourth-order valence-corrected chi connectivity index (χ4v) is 3.01. The van der Waals surface area contributed by atoms with Crippen LogP contribution in [0.1, 0.15) is 16.1 Å². The van der Waals surface area contributed by atoms with Crippen molar-refractivity contribution < 1.29 is 27.9 Å². The highest BCUT2D eigenvalue weighted by molar-refractivity contribution is 6.03. The highest BCUT2D eigenvalue weighted by Crippen LogP contribution is 2.33. The number of methoxy groups -OCH3 is 2. The molecule has 1 N–H and O–H groups in total. The third kappa shape index (κ3) is 3.24. The molecule has 28 heavy (non-hydrogen) atoms. The Balaban J connectivity index is 1.56. The number of fused-ring (bicyclic) bond motifs is 1. The van der Waals surface area contributed by atoms with Gasteiger partial charge in [-0.15, -0.1) is 0 Å². The van der Waals surface area contributed by atoms with E-state index in [0.717, 1.165) is 29.4 Å². The van der Waals surface area contributed by atoms with E-state index in [9.17, 15) is 9.18 Å². The summed E-state index contributed by atoms with van der Waals surface area (Å²) in [6, 6.07) is 9.68. The molecule has 0 radical (unpaired) electrons. The van der Waals surface area contributed by atoms with E-state index in [4.69, 9.17) is 18.7 Å². The molecule has 2 aromatic carbocycles. The van der Waals surface area contributed by atoms with E-state index in [1.807, 2.05) is 18.2 Å². The molecule has 0 saturated heterocycles. The van der Waals surface area contributed by atoms with Crippen molar-refractivity contribution in [2.24, 2.45) is 0 Å². The number of ether oxygens (including phenoxy) is 3. The first-order valence-electron chi connectivity index (χ1n) is 8.54. The molecule has 0 unspecified atom stereocenters. The Morgan fingerprint density at radius 1 is 1.14 bits per heavy atom. The van der Waals surface area contributed by atoms with E-state index in [1.54, 1.807) is 0 Å². The maximum absolute atomic E-state index is 14.0. The summed E-state index contributed by atoms with van der Waals surface area (Å²) in [4.78, 5) is 12.5. The van der Waals surface area contributed by atoms with Crippen molar-refractivity contribution in [1.82, 2.24) is 5.16 Å². The summed E-state index contributed by atoms with van der Waals surface area (Å²) in [6.07, 6.45) is 0.831. The van der Waals surface area contributed by atoms with Crippen molar-refractivity contribution in [1.29, 1.82) is 0 Å². The first-order chi connectivity index (χ1) is 13.6. The molecule has 144 valence electrons. The van der Waals surface area contributed by atoms with E-state index in [-0.39, 0.29) is 22.9 Å². The lowest BCUT2D eigenvalue weighted by Gasteiger charge is -2.11. The largest absolute Gasteiger partial charge is 0.494 e. The Hall–Kier alpha value is -3.55. The molecule has 0 spiro atoms. The first kappa shape index (κ1) is 17.8. The van der Waals surface area contributed by atoms with Crippen LogP contribution in [0.15, 0.2) is 40.9 Å². The van der Waals surface area contributed by atoms with E-state index in [1.165, 1.54) is 26.4 Å². The van der Waals surface area contributed by atoms with Crippen molar-refractivity contribution >= 4 is 11.6 Å². The summed E-state index contributed by atoms with van der Waals surface area (Å²) in [6.45, 7) is 0.658. The van der Waals surface area contributed by atoms with Gasteiger partial charge in [0.2, 0.25) is 5.76 Å². The van der Waals surface area contributed by atoms with Gasteiger partial charge in [-0.2, -0.15) is 0 Å². The zero-order valence-electron chi connectivity index (χ0n) is 15.2. The molecule has 8 heteroatoms. The number of anilines is 1. The molecule has 0 fully saturated rings. The van der Waals surface area contributed by atoms with E-state index < -0.39 is 11.7 Å². The summed E-state index contributed by atoms with van der Waals surface area (Å²) < 4.78 is 34.7. The van der Waals surface area contributed by atoms with Gasteiger partial charge in [-0.3, -0.25) is 4.79 Å². The van der Waals surface area contributed by atoms with Gasteiger partial charge in [-0.25, -0.2) is 4.39 Å². The number of aromatic nitrogens is 1. The fourth-order valence-electron chi connectivity index (χ4n) is 3.01. The topological polar surface area (TPSA) is 82.8 Å². The Bertz CT molecular complexity index is 1050. The van der Waals surface area contributed by atoms with Gasteiger partial charge in [-0.05, 0) is 23.8 Å². The fraction of sp³-hybridized carbons (Fsp3) is 0.200. The molecule has 0 atom stereocenters. The van der Waals surface area contributed by atoms with Crippen molar-refractivity contribution in [3.8, 4) is 28.5 Å². The minimum Gasteiger partial charge on any atom is -0.494 e. The average Bonchev–Trinajstić information content (AvgIpc) is 3.37. The molecular formula is C20H17FN2O5. The summed E-state index contributed by atoms with van der Waals surface area (Å²) in [5.41, 5.74) is 2.58. The molecule has 1 amide bonds. The van der Waals surface area contributed by atoms with Crippen LogP contribution in [0.5, 0.6) is 17.2 Å². The molecular weight excluding hydrogens is 367 g/mol. The average molecular weight is 384 g/mol. The standard InChI is InChI=1S/C20H17FN2O5/c1-25-17-10-18(26-2)15(8-13(17)21)22-20(24)19-9-14(23-28-19)11-3-4-16-12(7-11)5-6-27-16/h3-4,7-10H,5-6H2,1-2H3,(H,22,24). The van der Waals surface area contributed by atoms with Gasteiger partial charge in [-0.1, -0.05) is 5.16 Å². The van der Waals surface area contributed by atoms with Crippen LogP contribution in [0, 0.1) is 5.82 Å².